The molecule has 0 aromatic heterocycles. The minimum atomic E-state index is -6.06. The predicted molar refractivity (Wildman–Crippen MR) is 98.8 cm³/mol. The monoisotopic (exact) mass is 508 g/mol. The lowest BCUT2D eigenvalue weighted by Crippen LogP contribution is -2.18. The maximum absolute atomic E-state index is 12.7. The standard InChI is InChI=1S/C5H8F2O6P2.C5H10O5P2S/c1-2-3-4-13-15(11,12)5(6,7)14(8,9)10;1-3-4-5-13-12(8,9)10-11(2,6)7/h1H,3-4H2,(H,11,12)(H2,8,9,10);1H,4-5H2,2H3,(H,6,7)(H,8,9). The summed E-state index contributed by atoms with van der Waals surface area (Å²) in [7, 11) is -15.7. The van der Waals surface area contributed by atoms with Gasteiger partial charge < -0.3 is 29.0 Å². The second kappa shape index (κ2) is 12.0. The minimum Gasteiger partial charge on any atom is -0.324 e. The van der Waals surface area contributed by atoms with E-state index in [0.717, 1.165) is 6.66 Å². The van der Waals surface area contributed by atoms with E-state index in [-0.39, 0.29) is 12.2 Å². The van der Waals surface area contributed by atoms with Crippen molar-refractivity contribution in [1.82, 2.24) is 0 Å². The summed E-state index contributed by atoms with van der Waals surface area (Å²) in [6, 6.07) is 0. The molecule has 18 heteroatoms. The molecule has 0 aromatic rings. The van der Waals surface area contributed by atoms with Crippen molar-refractivity contribution in [2.24, 2.45) is 0 Å². The fourth-order valence-corrected chi connectivity index (χ4v) is 7.55. The van der Waals surface area contributed by atoms with Crippen LogP contribution in [0.1, 0.15) is 12.8 Å². The van der Waals surface area contributed by atoms with Crippen LogP contribution >= 0.6 is 41.0 Å². The Kier molecular flexibility index (Phi) is 12.9. The fourth-order valence-electron chi connectivity index (χ4n) is 0.906. The second-order valence-electron chi connectivity index (χ2n) is 4.50. The molecule has 3 unspecified atom stereocenters. The van der Waals surface area contributed by atoms with Crippen LogP contribution in [0.5, 0.6) is 0 Å². The maximum Gasteiger partial charge on any atom is 0.443 e. The highest BCUT2D eigenvalue weighted by Gasteiger charge is 2.64. The molecule has 164 valence electrons. The molecule has 11 nitrogen and oxygen atoms in total. The van der Waals surface area contributed by atoms with Crippen molar-refractivity contribution in [3.8, 4) is 24.7 Å². The van der Waals surface area contributed by atoms with Gasteiger partial charge in [-0.05, 0) is 11.4 Å². The molecule has 0 heterocycles. The van der Waals surface area contributed by atoms with Gasteiger partial charge in [0, 0.05) is 25.3 Å². The van der Waals surface area contributed by atoms with E-state index >= 15 is 0 Å². The van der Waals surface area contributed by atoms with Gasteiger partial charge in [0.2, 0.25) is 0 Å². The Morgan fingerprint density at radius 3 is 1.82 bits per heavy atom. The normalized spacial score (nSPS) is 18.2. The number of rotatable bonds is 10. The fraction of sp³-hybridized carbons (Fsp3) is 0.600. The summed E-state index contributed by atoms with van der Waals surface area (Å²) in [6.07, 6.45) is 9.69. The van der Waals surface area contributed by atoms with Crippen LogP contribution in [0.2, 0.25) is 0 Å². The number of halogens is 2. The lowest BCUT2D eigenvalue weighted by Gasteiger charge is -2.21. The third-order valence-electron chi connectivity index (χ3n) is 1.96. The molecule has 0 fully saturated rings. The summed E-state index contributed by atoms with van der Waals surface area (Å²) in [5.41, 5.74) is 0. The number of hydrogen-bond donors (Lipinski definition) is 5. The highest BCUT2D eigenvalue weighted by atomic mass is 32.7. The lowest BCUT2D eigenvalue weighted by molar-refractivity contribution is 0.0930. The van der Waals surface area contributed by atoms with E-state index in [1.54, 1.807) is 0 Å². The van der Waals surface area contributed by atoms with Gasteiger partial charge in [0.1, 0.15) is 0 Å². The Labute approximate surface area is 163 Å². The minimum absolute atomic E-state index is 0.213. The van der Waals surface area contributed by atoms with Crippen LogP contribution in [0.3, 0.4) is 0 Å². The molecular formula is C10H18F2O11P4S. The summed E-state index contributed by atoms with van der Waals surface area (Å²) in [5.74, 6) is 4.41. The molecule has 28 heavy (non-hydrogen) atoms. The molecule has 0 aromatic carbocycles. The van der Waals surface area contributed by atoms with Crippen LogP contribution in [0.15, 0.2) is 0 Å². The molecule has 0 bridgehead atoms. The average molecular weight is 508 g/mol. The van der Waals surface area contributed by atoms with E-state index in [2.05, 4.69) is 14.8 Å². The van der Waals surface area contributed by atoms with Gasteiger partial charge in [-0.1, -0.05) is 0 Å². The van der Waals surface area contributed by atoms with Crippen molar-refractivity contribution in [1.29, 1.82) is 0 Å². The van der Waals surface area contributed by atoms with E-state index in [1.165, 1.54) is 0 Å². The third-order valence-corrected chi connectivity index (χ3v) is 10.3. The largest absolute Gasteiger partial charge is 0.443 e. The number of terminal acetylenes is 2. The van der Waals surface area contributed by atoms with Gasteiger partial charge in [0.25, 0.3) is 0 Å². The van der Waals surface area contributed by atoms with E-state index in [9.17, 15) is 27.0 Å². The van der Waals surface area contributed by atoms with Crippen LogP contribution in [-0.2, 0) is 27.1 Å². The van der Waals surface area contributed by atoms with Gasteiger partial charge in [-0.3, -0.25) is 13.7 Å². The van der Waals surface area contributed by atoms with Crippen LogP contribution < -0.4 is 0 Å². The van der Waals surface area contributed by atoms with E-state index in [4.69, 9.17) is 37.3 Å². The zero-order valence-corrected chi connectivity index (χ0v) is 18.5. The Bertz CT molecular complexity index is 777. The third kappa shape index (κ3) is 12.5. The summed E-state index contributed by atoms with van der Waals surface area (Å²) < 4.78 is 75.9. The van der Waals surface area contributed by atoms with Crippen LogP contribution in [0.4, 0.5) is 8.78 Å². The summed E-state index contributed by atoms with van der Waals surface area (Å²) in [5, 5.41) is -5.13. The first-order chi connectivity index (χ1) is 12.3. The summed E-state index contributed by atoms with van der Waals surface area (Å²) >= 11 is 0.544. The second-order valence-corrected chi connectivity index (χ2v) is 14.4. The zero-order chi connectivity index (χ0) is 22.9. The Morgan fingerprint density at radius 2 is 1.46 bits per heavy atom. The van der Waals surface area contributed by atoms with Crippen LogP contribution in [0, 0.1) is 24.7 Å². The maximum atomic E-state index is 12.7. The molecule has 3 atom stereocenters. The highest BCUT2D eigenvalue weighted by Crippen LogP contribution is 2.73. The first-order valence-electron chi connectivity index (χ1n) is 6.59. The van der Waals surface area contributed by atoms with Gasteiger partial charge in [-0.25, -0.2) is 8.88 Å². The SMILES string of the molecule is C#CCCOP(=O)(O)C(F)(F)P(=O)(O)O.C#CCCSP(=O)(O)OP(C)(=O)O. The smallest absolute Gasteiger partial charge is 0.324 e. The topological polar surface area (TPSA) is 188 Å². The molecule has 0 amide bonds. The Balaban J connectivity index is 0. The van der Waals surface area contributed by atoms with Gasteiger partial charge in [0.15, 0.2) is 0 Å². The van der Waals surface area contributed by atoms with Crippen molar-refractivity contribution >= 4 is 41.0 Å². The quantitative estimate of drug-likeness (QED) is 0.165. The van der Waals surface area contributed by atoms with Crippen molar-refractivity contribution in [3.63, 3.8) is 0 Å². The molecule has 0 spiro atoms. The van der Waals surface area contributed by atoms with Gasteiger partial charge in [-0.15, -0.1) is 24.7 Å². The van der Waals surface area contributed by atoms with E-state index in [1.807, 2.05) is 5.92 Å². The van der Waals surface area contributed by atoms with Crippen molar-refractivity contribution in [2.45, 2.75) is 18.2 Å². The van der Waals surface area contributed by atoms with Crippen LogP contribution in [-0.4, -0.2) is 48.9 Å². The predicted octanol–water partition coefficient (Wildman–Crippen LogP) is 2.61. The van der Waals surface area contributed by atoms with Gasteiger partial charge in [0.05, 0.1) is 6.61 Å². The van der Waals surface area contributed by atoms with Crippen LogP contribution in [0.25, 0.3) is 0 Å². The number of alkyl halides is 2. The molecular weight excluding hydrogens is 490 g/mol. The number of hydrogen-bond acceptors (Lipinski definition) is 7. The molecule has 0 aliphatic rings. The Hall–Kier alpha value is -0.0300. The van der Waals surface area contributed by atoms with Gasteiger partial charge >= 0.3 is 35.0 Å². The zero-order valence-electron chi connectivity index (χ0n) is 14.1. The van der Waals surface area contributed by atoms with Crippen molar-refractivity contribution < 1.29 is 60.3 Å². The molecule has 0 aliphatic carbocycles. The van der Waals surface area contributed by atoms with Gasteiger partial charge in [-0.2, -0.15) is 8.78 Å². The van der Waals surface area contributed by atoms with E-state index in [0.29, 0.717) is 17.8 Å². The molecule has 0 rings (SSSR count). The highest BCUT2D eigenvalue weighted by molar-refractivity contribution is 8.55. The lowest BCUT2D eigenvalue weighted by atomic mass is 10.5. The molecule has 0 saturated carbocycles. The van der Waals surface area contributed by atoms with E-state index < -0.39 is 41.6 Å². The van der Waals surface area contributed by atoms with Crippen molar-refractivity contribution in [2.75, 3.05) is 19.0 Å². The average Bonchev–Trinajstić information content (AvgIpc) is 2.44. The molecule has 5 N–H and O–H groups in total. The summed E-state index contributed by atoms with van der Waals surface area (Å²) in [6.45, 7) is -3.89. The molecule has 0 saturated heterocycles. The van der Waals surface area contributed by atoms with Crippen molar-refractivity contribution in [3.05, 3.63) is 0 Å². The molecule has 0 aliphatic heterocycles. The summed E-state index contributed by atoms with van der Waals surface area (Å²) in [4.78, 5) is 42.5. The molecule has 0 radical (unpaired) electrons. The first-order valence-corrected chi connectivity index (χ1v) is 15.0. The Morgan fingerprint density at radius 1 is 1.00 bits per heavy atom. The first kappa shape index (κ1) is 30.2.